The minimum absolute atomic E-state index is 0.448. The highest BCUT2D eigenvalue weighted by molar-refractivity contribution is 7.13. The van der Waals surface area contributed by atoms with E-state index < -0.39 is 0 Å². The lowest BCUT2D eigenvalue weighted by atomic mass is 9.89. The molecule has 0 atom stereocenters. The Kier molecular flexibility index (Phi) is 3.45. The van der Waals surface area contributed by atoms with E-state index in [1.165, 1.54) is 10.4 Å². The lowest BCUT2D eigenvalue weighted by Gasteiger charge is -2.34. The molecule has 1 saturated carbocycles. The summed E-state index contributed by atoms with van der Waals surface area (Å²) in [5.74, 6) is 0. The van der Waals surface area contributed by atoms with Gasteiger partial charge in [-0.2, -0.15) is 5.10 Å². The van der Waals surface area contributed by atoms with E-state index in [0.29, 0.717) is 12.1 Å². The Morgan fingerprint density at radius 3 is 3.17 bits per heavy atom. The molecule has 18 heavy (non-hydrogen) atoms. The van der Waals surface area contributed by atoms with Gasteiger partial charge in [0.2, 0.25) is 0 Å². The second-order valence-corrected chi connectivity index (χ2v) is 5.60. The Bertz CT molecular complexity index is 488. The van der Waals surface area contributed by atoms with Crippen molar-refractivity contribution < 1.29 is 4.74 Å². The molecule has 5 heteroatoms. The maximum Gasteiger partial charge on any atom is 0.0794 e. The van der Waals surface area contributed by atoms with Crippen LogP contribution in [-0.2, 0) is 11.3 Å². The molecule has 0 bridgehead atoms. The van der Waals surface area contributed by atoms with E-state index >= 15 is 0 Å². The van der Waals surface area contributed by atoms with Gasteiger partial charge >= 0.3 is 0 Å². The molecule has 0 aliphatic heterocycles. The fourth-order valence-corrected chi connectivity index (χ4v) is 3.01. The van der Waals surface area contributed by atoms with Crippen molar-refractivity contribution in [2.75, 3.05) is 7.11 Å². The van der Waals surface area contributed by atoms with E-state index in [0.717, 1.165) is 25.1 Å². The molecule has 2 heterocycles. The maximum absolute atomic E-state index is 5.28. The molecule has 1 aliphatic carbocycles. The third-order valence-corrected chi connectivity index (χ3v) is 4.38. The third-order valence-electron chi connectivity index (χ3n) is 3.49. The van der Waals surface area contributed by atoms with Gasteiger partial charge in [0.1, 0.15) is 0 Å². The van der Waals surface area contributed by atoms with Crippen molar-refractivity contribution in [2.24, 2.45) is 0 Å². The summed E-state index contributed by atoms with van der Waals surface area (Å²) in [6, 6.07) is 4.76. The van der Waals surface area contributed by atoms with Gasteiger partial charge in [-0.05, 0) is 24.3 Å². The van der Waals surface area contributed by atoms with Gasteiger partial charge in [-0.15, -0.1) is 11.3 Å². The minimum Gasteiger partial charge on any atom is -0.381 e. The van der Waals surface area contributed by atoms with Crippen molar-refractivity contribution in [3.05, 3.63) is 29.3 Å². The van der Waals surface area contributed by atoms with Crippen LogP contribution in [0, 0.1) is 0 Å². The van der Waals surface area contributed by atoms with Crippen molar-refractivity contribution in [3.8, 4) is 10.6 Å². The SMILES string of the molecule is COC1CC(NCc2cn[nH]c2-c2cccs2)C1. The highest BCUT2D eigenvalue weighted by Crippen LogP contribution is 2.27. The number of methoxy groups -OCH3 is 1. The van der Waals surface area contributed by atoms with Gasteiger partial charge in [-0.1, -0.05) is 6.07 Å². The summed E-state index contributed by atoms with van der Waals surface area (Å²) in [4.78, 5) is 1.24. The largest absolute Gasteiger partial charge is 0.381 e. The average molecular weight is 263 g/mol. The summed E-state index contributed by atoms with van der Waals surface area (Å²) in [7, 11) is 1.78. The van der Waals surface area contributed by atoms with Gasteiger partial charge < -0.3 is 10.1 Å². The van der Waals surface area contributed by atoms with Crippen molar-refractivity contribution in [1.82, 2.24) is 15.5 Å². The number of hydrogen-bond acceptors (Lipinski definition) is 4. The predicted octanol–water partition coefficient (Wildman–Crippen LogP) is 2.41. The molecule has 0 spiro atoms. The van der Waals surface area contributed by atoms with Crippen LogP contribution in [0.5, 0.6) is 0 Å². The van der Waals surface area contributed by atoms with Gasteiger partial charge in [0.25, 0.3) is 0 Å². The Hall–Kier alpha value is -1.17. The average Bonchev–Trinajstić information content (AvgIpc) is 2.97. The zero-order chi connectivity index (χ0) is 12.4. The van der Waals surface area contributed by atoms with E-state index in [2.05, 4.69) is 33.0 Å². The van der Waals surface area contributed by atoms with Crippen LogP contribution in [0.25, 0.3) is 10.6 Å². The highest BCUT2D eigenvalue weighted by Gasteiger charge is 2.28. The van der Waals surface area contributed by atoms with E-state index in [4.69, 9.17) is 4.74 Å². The third kappa shape index (κ3) is 2.34. The molecule has 2 aromatic heterocycles. The second-order valence-electron chi connectivity index (χ2n) is 4.65. The zero-order valence-electron chi connectivity index (χ0n) is 10.3. The van der Waals surface area contributed by atoms with E-state index in [9.17, 15) is 0 Å². The van der Waals surface area contributed by atoms with Crippen LogP contribution in [0.2, 0.25) is 0 Å². The summed E-state index contributed by atoms with van der Waals surface area (Å²) in [6.45, 7) is 0.866. The van der Waals surface area contributed by atoms with Crippen LogP contribution in [0.1, 0.15) is 18.4 Å². The quantitative estimate of drug-likeness (QED) is 0.871. The molecule has 0 aromatic carbocycles. The smallest absolute Gasteiger partial charge is 0.0794 e. The number of aromatic nitrogens is 2. The molecule has 0 saturated heterocycles. The molecule has 1 aliphatic rings. The minimum atomic E-state index is 0.448. The van der Waals surface area contributed by atoms with Crippen molar-refractivity contribution >= 4 is 11.3 Å². The van der Waals surface area contributed by atoms with E-state index in [1.54, 1.807) is 18.4 Å². The van der Waals surface area contributed by atoms with Crippen molar-refractivity contribution in [1.29, 1.82) is 0 Å². The number of hydrogen-bond donors (Lipinski definition) is 2. The fraction of sp³-hybridized carbons (Fsp3) is 0.462. The first kappa shape index (κ1) is 11.9. The zero-order valence-corrected chi connectivity index (χ0v) is 11.2. The molecule has 2 aromatic rings. The van der Waals surface area contributed by atoms with Crippen molar-refractivity contribution in [3.63, 3.8) is 0 Å². The number of rotatable bonds is 5. The van der Waals surface area contributed by atoms with Gasteiger partial charge in [0, 0.05) is 25.3 Å². The number of nitrogens with one attached hydrogen (secondary N) is 2. The molecule has 4 nitrogen and oxygen atoms in total. The molecule has 3 rings (SSSR count). The van der Waals surface area contributed by atoms with Gasteiger partial charge in [0.05, 0.1) is 22.9 Å². The Morgan fingerprint density at radius 1 is 1.56 bits per heavy atom. The molecule has 1 fully saturated rings. The lowest BCUT2D eigenvalue weighted by Crippen LogP contribution is -2.44. The number of thiophene rings is 1. The van der Waals surface area contributed by atoms with Gasteiger partial charge in [-0.25, -0.2) is 0 Å². The van der Waals surface area contributed by atoms with Crippen LogP contribution in [0.15, 0.2) is 23.7 Å². The summed E-state index contributed by atoms with van der Waals surface area (Å²) in [5, 5.41) is 12.9. The monoisotopic (exact) mass is 263 g/mol. The predicted molar refractivity (Wildman–Crippen MR) is 72.6 cm³/mol. The van der Waals surface area contributed by atoms with Crippen LogP contribution in [0.3, 0.4) is 0 Å². The first-order valence-electron chi connectivity index (χ1n) is 6.19. The Labute approximate surface area is 110 Å². The summed E-state index contributed by atoms with van der Waals surface area (Å²) in [6.07, 6.45) is 4.59. The number of aromatic amines is 1. The van der Waals surface area contributed by atoms with Gasteiger partial charge in [0.15, 0.2) is 0 Å². The van der Waals surface area contributed by atoms with E-state index in [-0.39, 0.29) is 0 Å². The summed E-state index contributed by atoms with van der Waals surface area (Å²) < 4.78 is 5.28. The molecule has 96 valence electrons. The molecule has 0 unspecified atom stereocenters. The Balaban J connectivity index is 1.59. The van der Waals surface area contributed by atoms with Crippen LogP contribution >= 0.6 is 11.3 Å². The highest BCUT2D eigenvalue weighted by atomic mass is 32.1. The molecule has 0 amide bonds. The van der Waals surface area contributed by atoms with Crippen molar-refractivity contribution in [2.45, 2.75) is 31.5 Å². The summed E-state index contributed by atoms with van der Waals surface area (Å²) in [5.41, 5.74) is 2.37. The topological polar surface area (TPSA) is 49.9 Å². The fourth-order valence-electron chi connectivity index (χ4n) is 2.26. The molecular formula is C13H17N3OS. The number of H-pyrrole nitrogens is 1. The lowest BCUT2D eigenvalue weighted by molar-refractivity contribution is 0.0170. The molecule has 2 N–H and O–H groups in total. The standard InChI is InChI=1S/C13H17N3OS/c1-17-11-5-10(6-11)14-7-9-8-15-16-13(9)12-3-2-4-18-12/h2-4,8,10-11,14H,5-7H2,1H3,(H,15,16). The molecular weight excluding hydrogens is 246 g/mol. The molecule has 0 radical (unpaired) electrons. The maximum atomic E-state index is 5.28. The normalized spacial score (nSPS) is 22.9. The Morgan fingerprint density at radius 2 is 2.44 bits per heavy atom. The van der Waals surface area contributed by atoms with Crippen LogP contribution in [-0.4, -0.2) is 29.5 Å². The number of nitrogens with zero attached hydrogens (tertiary/aromatic N) is 1. The first-order chi connectivity index (χ1) is 8.86. The first-order valence-corrected chi connectivity index (χ1v) is 7.07. The van der Waals surface area contributed by atoms with Crippen LogP contribution in [0.4, 0.5) is 0 Å². The summed E-state index contributed by atoms with van der Waals surface area (Å²) >= 11 is 1.73. The van der Waals surface area contributed by atoms with Crippen LogP contribution < -0.4 is 5.32 Å². The van der Waals surface area contributed by atoms with Gasteiger partial charge in [-0.3, -0.25) is 5.10 Å². The second kappa shape index (κ2) is 5.22. The van der Waals surface area contributed by atoms with E-state index in [1.807, 2.05) is 6.20 Å². The number of ether oxygens (including phenoxy) is 1.